The van der Waals surface area contributed by atoms with Gasteiger partial charge in [-0.25, -0.2) is 5.43 Å². The predicted octanol–water partition coefficient (Wildman–Crippen LogP) is 0.186. The van der Waals surface area contributed by atoms with Gasteiger partial charge in [0.25, 0.3) is 11.9 Å². The van der Waals surface area contributed by atoms with Crippen LogP contribution in [0.3, 0.4) is 0 Å². The third kappa shape index (κ3) is 3.61. The normalized spacial score (nSPS) is 11.3. The number of hydrogen-bond donors (Lipinski definition) is 2. The van der Waals surface area contributed by atoms with E-state index in [-0.39, 0.29) is 18.4 Å². The van der Waals surface area contributed by atoms with Crippen molar-refractivity contribution in [3.05, 3.63) is 35.9 Å². The summed E-state index contributed by atoms with van der Waals surface area (Å²) < 4.78 is 0. The van der Waals surface area contributed by atoms with Crippen molar-refractivity contribution in [2.75, 3.05) is 5.73 Å². The molecule has 0 saturated carbocycles. The van der Waals surface area contributed by atoms with Gasteiger partial charge in [-0.2, -0.15) is 9.90 Å². The number of carbonyl (C=O) groups excluding carboxylic acids is 1. The van der Waals surface area contributed by atoms with Crippen molar-refractivity contribution in [2.24, 2.45) is 5.10 Å². The van der Waals surface area contributed by atoms with Crippen molar-refractivity contribution in [1.82, 2.24) is 25.6 Å². The second-order valence-electron chi connectivity index (χ2n) is 3.99. The molecule has 1 aromatic heterocycles. The number of nitrogens with one attached hydrogen (secondary N) is 1. The first kappa shape index (κ1) is 13.7. The van der Waals surface area contributed by atoms with E-state index in [0.717, 1.165) is 16.1 Å². The van der Waals surface area contributed by atoms with Crippen LogP contribution in [-0.2, 0) is 11.3 Å². The number of hydrazone groups is 1. The standard InChI is InChI=1S/C12H15N7O/c1-2-10(9-6-4-3-5-7-9)14-15-11(20)8-19-17-12(13)16-18-19/h3-7H,2,8H2,1H3,(H2,13,17)(H,15,20)/b14-10-. The molecule has 0 aliphatic rings. The summed E-state index contributed by atoms with van der Waals surface area (Å²) in [5.74, 6) is -0.316. The molecule has 2 aromatic rings. The minimum absolute atomic E-state index is 0.0276. The third-order valence-corrected chi connectivity index (χ3v) is 2.51. The summed E-state index contributed by atoms with van der Waals surface area (Å²) in [5.41, 5.74) is 9.55. The van der Waals surface area contributed by atoms with E-state index in [4.69, 9.17) is 5.73 Å². The number of amides is 1. The highest BCUT2D eigenvalue weighted by molar-refractivity contribution is 6.00. The first-order valence-electron chi connectivity index (χ1n) is 6.13. The van der Waals surface area contributed by atoms with Gasteiger partial charge < -0.3 is 5.73 Å². The molecular weight excluding hydrogens is 258 g/mol. The van der Waals surface area contributed by atoms with Gasteiger partial charge in [-0.15, -0.1) is 5.10 Å². The van der Waals surface area contributed by atoms with E-state index in [9.17, 15) is 4.79 Å². The second-order valence-corrected chi connectivity index (χ2v) is 3.99. The van der Waals surface area contributed by atoms with Gasteiger partial charge in [0.2, 0.25) is 0 Å². The minimum atomic E-state index is -0.343. The van der Waals surface area contributed by atoms with E-state index in [1.54, 1.807) is 0 Å². The monoisotopic (exact) mass is 273 g/mol. The highest BCUT2D eigenvalue weighted by atomic mass is 16.2. The second kappa shape index (κ2) is 6.41. The fourth-order valence-electron chi connectivity index (χ4n) is 1.59. The lowest BCUT2D eigenvalue weighted by atomic mass is 10.1. The molecular formula is C12H15N7O. The molecule has 8 heteroatoms. The van der Waals surface area contributed by atoms with Gasteiger partial charge in [-0.1, -0.05) is 42.4 Å². The van der Waals surface area contributed by atoms with Crippen LogP contribution in [0, 0.1) is 0 Å². The minimum Gasteiger partial charge on any atom is -0.365 e. The van der Waals surface area contributed by atoms with Crippen molar-refractivity contribution in [3.8, 4) is 0 Å². The molecule has 0 saturated heterocycles. The van der Waals surface area contributed by atoms with Crippen LogP contribution in [0.25, 0.3) is 0 Å². The van der Waals surface area contributed by atoms with Crippen LogP contribution in [0.5, 0.6) is 0 Å². The van der Waals surface area contributed by atoms with Gasteiger partial charge in [0.15, 0.2) is 0 Å². The maximum atomic E-state index is 11.7. The van der Waals surface area contributed by atoms with Gasteiger partial charge in [0.1, 0.15) is 6.54 Å². The van der Waals surface area contributed by atoms with Crippen LogP contribution in [0.15, 0.2) is 35.4 Å². The van der Waals surface area contributed by atoms with Gasteiger partial charge in [-0.3, -0.25) is 4.79 Å². The highest BCUT2D eigenvalue weighted by Gasteiger charge is 2.06. The lowest BCUT2D eigenvalue weighted by molar-refractivity contribution is -0.122. The Labute approximate surface area is 115 Å². The molecule has 3 N–H and O–H groups in total. The highest BCUT2D eigenvalue weighted by Crippen LogP contribution is 2.03. The number of hydrogen-bond acceptors (Lipinski definition) is 6. The molecule has 1 heterocycles. The molecule has 1 aromatic carbocycles. The fourth-order valence-corrected chi connectivity index (χ4v) is 1.59. The number of aromatic nitrogens is 4. The van der Waals surface area contributed by atoms with Crippen LogP contribution in [0.2, 0.25) is 0 Å². The molecule has 0 aliphatic heterocycles. The smallest absolute Gasteiger partial charge is 0.263 e. The molecule has 20 heavy (non-hydrogen) atoms. The van der Waals surface area contributed by atoms with Crippen molar-refractivity contribution in [3.63, 3.8) is 0 Å². The number of tetrazole rings is 1. The molecule has 0 unspecified atom stereocenters. The van der Waals surface area contributed by atoms with E-state index < -0.39 is 0 Å². The Morgan fingerprint density at radius 2 is 2.15 bits per heavy atom. The van der Waals surface area contributed by atoms with Crippen LogP contribution in [0.1, 0.15) is 18.9 Å². The van der Waals surface area contributed by atoms with E-state index >= 15 is 0 Å². The zero-order chi connectivity index (χ0) is 14.4. The molecule has 0 bridgehead atoms. The molecule has 2 rings (SSSR count). The number of anilines is 1. The van der Waals surface area contributed by atoms with E-state index in [1.165, 1.54) is 0 Å². The molecule has 0 atom stereocenters. The summed E-state index contributed by atoms with van der Waals surface area (Å²) in [6, 6.07) is 9.65. The Balaban J connectivity index is 1.98. The molecule has 0 spiro atoms. The van der Waals surface area contributed by atoms with Crippen LogP contribution in [-0.4, -0.2) is 31.8 Å². The zero-order valence-corrected chi connectivity index (χ0v) is 11.0. The van der Waals surface area contributed by atoms with Gasteiger partial charge in [0.05, 0.1) is 5.71 Å². The van der Waals surface area contributed by atoms with E-state index in [0.29, 0.717) is 6.42 Å². The molecule has 104 valence electrons. The molecule has 8 nitrogen and oxygen atoms in total. The number of nitrogens with two attached hydrogens (primary N) is 1. The number of nitrogen functional groups attached to an aromatic ring is 1. The topological polar surface area (TPSA) is 111 Å². The van der Waals surface area contributed by atoms with Crippen molar-refractivity contribution in [2.45, 2.75) is 19.9 Å². The van der Waals surface area contributed by atoms with Crippen molar-refractivity contribution < 1.29 is 4.79 Å². The maximum absolute atomic E-state index is 11.7. The Morgan fingerprint density at radius 1 is 1.40 bits per heavy atom. The lowest BCUT2D eigenvalue weighted by Crippen LogP contribution is -2.25. The van der Waals surface area contributed by atoms with Crippen molar-refractivity contribution >= 4 is 17.6 Å². The van der Waals surface area contributed by atoms with Gasteiger partial charge in [-0.05, 0) is 17.2 Å². The van der Waals surface area contributed by atoms with Crippen LogP contribution in [0.4, 0.5) is 5.95 Å². The summed E-state index contributed by atoms with van der Waals surface area (Å²) in [4.78, 5) is 12.8. The summed E-state index contributed by atoms with van der Waals surface area (Å²) in [7, 11) is 0. The first-order valence-corrected chi connectivity index (χ1v) is 6.13. The predicted molar refractivity (Wildman–Crippen MR) is 73.6 cm³/mol. The Bertz CT molecular complexity index is 605. The molecule has 1 amide bonds. The van der Waals surface area contributed by atoms with Gasteiger partial charge in [0, 0.05) is 0 Å². The Kier molecular flexibility index (Phi) is 4.38. The Hall–Kier alpha value is -2.77. The fraction of sp³-hybridized carbons (Fsp3) is 0.250. The first-order chi connectivity index (χ1) is 9.69. The van der Waals surface area contributed by atoms with Crippen LogP contribution < -0.4 is 11.2 Å². The largest absolute Gasteiger partial charge is 0.365 e. The van der Waals surface area contributed by atoms with E-state index in [1.807, 2.05) is 37.3 Å². The summed E-state index contributed by atoms with van der Waals surface area (Å²) in [6.45, 7) is 1.89. The van der Waals surface area contributed by atoms with E-state index in [2.05, 4.69) is 25.9 Å². The van der Waals surface area contributed by atoms with Crippen LogP contribution >= 0.6 is 0 Å². The zero-order valence-electron chi connectivity index (χ0n) is 11.0. The average Bonchev–Trinajstić information content (AvgIpc) is 2.86. The molecule has 0 radical (unpaired) electrons. The van der Waals surface area contributed by atoms with Gasteiger partial charge >= 0.3 is 0 Å². The molecule has 0 fully saturated rings. The molecule has 0 aliphatic carbocycles. The number of benzene rings is 1. The quantitative estimate of drug-likeness (QED) is 0.596. The van der Waals surface area contributed by atoms with Crippen molar-refractivity contribution in [1.29, 1.82) is 0 Å². The summed E-state index contributed by atoms with van der Waals surface area (Å²) >= 11 is 0. The SMILES string of the molecule is CC/C(=N/NC(=O)Cn1nnc(N)n1)c1ccccc1. The number of rotatable bonds is 5. The summed E-state index contributed by atoms with van der Waals surface area (Å²) in [6.07, 6.45) is 0.707. The lowest BCUT2D eigenvalue weighted by Gasteiger charge is -2.04. The average molecular weight is 273 g/mol. The number of nitrogens with zero attached hydrogens (tertiary/aromatic N) is 5. The Morgan fingerprint density at radius 3 is 2.75 bits per heavy atom. The third-order valence-electron chi connectivity index (χ3n) is 2.51. The number of carbonyl (C=O) groups is 1. The summed E-state index contributed by atoms with van der Waals surface area (Å²) in [5, 5.41) is 14.9. The maximum Gasteiger partial charge on any atom is 0.263 e.